The number of amides is 1. The van der Waals surface area contributed by atoms with Crippen LogP contribution < -0.4 is 9.47 Å². The normalized spacial score (nSPS) is 12.2. The topological polar surface area (TPSA) is 86.9 Å². The zero-order valence-corrected chi connectivity index (χ0v) is 18.2. The van der Waals surface area contributed by atoms with E-state index in [9.17, 15) is 4.79 Å². The van der Waals surface area contributed by atoms with Crippen LogP contribution in [0.2, 0.25) is 0 Å². The van der Waals surface area contributed by atoms with Gasteiger partial charge in [-0.05, 0) is 30.2 Å². The average molecular weight is 437 g/mol. The number of ether oxygens (including phenoxy) is 3. The third-order valence-electron chi connectivity index (χ3n) is 5.17. The van der Waals surface area contributed by atoms with Crippen molar-refractivity contribution in [3.8, 4) is 22.9 Å². The molecule has 2 heterocycles. The molecule has 32 heavy (non-hydrogen) atoms. The molecule has 0 radical (unpaired) electrons. The van der Waals surface area contributed by atoms with Crippen LogP contribution in [0.4, 0.5) is 0 Å². The average Bonchev–Trinajstić information content (AvgIpc) is 3.49. The fourth-order valence-corrected chi connectivity index (χ4v) is 3.37. The number of carbonyl (C=O) groups is 1. The molecule has 0 spiro atoms. The summed E-state index contributed by atoms with van der Waals surface area (Å²) in [4.78, 5) is 19.0. The van der Waals surface area contributed by atoms with Crippen molar-refractivity contribution in [2.24, 2.45) is 0 Å². The highest BCUT2D eigenvalue weighted by molar-refractivity contribution is 5.77. The number of aromatic nitrogens is 2. The molecule has 0 saturated heterocycles. The summed E-state index contributed by atoms with van der Waals surface area (Å²) in [6.07, 6.45) is 2.41. The molecule has 4 rings (SSSR count). The monoisotopic (exact) mass is 437 g/mol. The van der Waals surface area contributed by atoms with Crippen molar-refractivity contribution in [1.82, 2.24) is 15.0 Å². The fourth-order valence-electron chi connectivity index (χ4n) is 3.37. The van der Waals surface area contributed by atoms with Crippen molar-refractivity contribution in [3.63, 3.8) is 0 Å². The lowest BCUT2D eigenvalue weighted by Crippen LogP contribution is -2.36. The van der Waals surface area contributed by atoms with Gasteiger partial charge in [-0.15, -0.1) is 0 Å². The molecule has 1 aliphatic heterocycles. The van der Waals surface area contributed by atoms with E-state index >= 15 is 0 Å². The number of benzene rings is 2. The fraction of sp³-hybridized carbons (Fsp3) is 0.375. The Hall–Kier alpha value is -3.39. The first-order chi connectivity index (χ1) is 15.7. The van der Waals surface area contributed by atoms with Gasteiger partial charge in [0.25, 0.3) is 0 Å². The van der Waals surface area contributed by atoms with Gasteiger partial charge in [0.1, 0.15) is 6.61 Å². The van der Waals surface area contributed by atoms with E-state index in [-0.39, 0.29) is 19.3 Å². The van der Waals surface area contributed by atoms with Crippen molar-refractivity contribution in [2.75, 3.05) is 26.5 Å². The summed E-state index contributed by atoms with van der Waals surface area (Å²) in [5.74, 6) is 2.30. The molecule has 0 saturated carbocycles. The lowest BCUT2D eigenvalue weighted by atomic mass is 10.2. The number of hydrogen-bond acceptors (Lipinski definition) is 7. The first-order valence-corrected chi connectivity index (χ1v) is 10.8. The summed E-state index contributed by atoms with van der Waals surface area (Å²) < 4.78 is 21.8. The van der Waals surface area contributed by atoms with Crippen molar-refractivity contribution in [2.45, 2.75) is 32.8 Å². The van der Waals surface area contributed by atoms with E-state index in [1.165, 1.54) is 0 Å². The van der Waals surface area contributed by atoms with Gasteiger partial charge in [0.15, 0.2) is 11.5 Å². The largest absolute Gasteiger partial charge is 0.454 e. The van der Waals surface area contributed by atoms with Gasteiger partial charge in [-0.2, -0.15) is 4.98 Å². The van der Waals surface area contributed by atoms with Crippen molar-refractivity contribution in [3.05, 3.63) is 60.0 Å². The Morgan fingerprint density at radius 2 is 1.94 bits per heavy atom. The second-order valence-corrected chi connectivity index (χ2v) is 7.54. The Morgan fingerprint density at radius 3 is 2.78 bits per heavy atom. The number of unbranched alkanes of at least 4 members (excludes halogenated alkanes) is 1. The lowest BCUT2D eigenvalue weighted by molar-refractivity contribution is -0.136. The number of fused-ring (bicyclic) bond motifs is 1. The maximum atomic E-state index is 12.7. The summed E-state index contributed by atoms with van der Waals surface area (Å²) >= 11 is 0. The molecule has 3 aromatic rings. The van der Waals surface area contributed by atoms with E-state index in [1.807, 2.05) is 48.5 Å². The van der Waals surface area contributed by atoms with Gasteiger partial charge in [-0.25, -0.2) is 0 Å². The molecule has 1 aromatic heterocycles. The minimum atomic E-state index is -0.0371. The van der Waals surface area contributed by atoms with E-state index in [0.717, 1.165) is 24.0 Å². The van der Waals surface area contributed by atoms with Crippen LogP contribution in [-0.2, 0) is 22.6 Å². The highest BCUT2D eigenvalue weighted by Crippen LogP contribution is 2.35. The van der Waals surface area contributed by atoms with Crippen molar-refractivity contribution in [1.29, 1.82) is 0 Å². The predicted molar refractivity (Wildman–Crippen MR) is 117 cm³/mol. The van der Waals surface area contributed by atoms with Gasteiger partial charge in [0.2, 0.25) is 24.4 Å². The van der Waals surface area contributed by atoms with E-state index in [2.05, 4.69) is 17.1 Å². The zero-order chi connectivity index (χ0) is 22.2. The third-order valence-corrected chi connectivity index (χ3v) is 5.17. The Morgan fingerprint density at radius 1 is 1.09 bits per heavy atom. The second kappa shape index (κ2) is 10.8. The summed E-state index contributed by atoms with van der Waals surface area (Å²) in [6.45, 7) is 3.95. The molecule has 0 unspecified atom stereocenters. The van der Waals surface area contributed by atoms with Crippen molar-refractivity contribution < 1.29 is 23.5 Å². The Balaban J connectivity index is 1.31. The zero-order valence-electron chi connectivity index (χ0n) is 18.2. The summed E-state index contributed by atoms with van der Waals surface area (Å²) in [6, 6.07) is 15.3. The minimum absolute atomic E-state index is 0.0371. The molecule has 0 fully saturated rings. The van der Waals surface area contributed by atoms with E-state index in [4.69, 9.17) is 18.7 Å². The molecule has 2 aromatic carbocycles. The van der Waals surface area contributed by atoms with E-state index < -0.39 is 0 Å². The number of hydrogen-bond donors (Lipinski definition) is 0. The predicted octanol–water partition coefficient (Wildman–Crippen LogP) is 3.85. The Bertz CT molecular complexity index is 1020. The molecule has 1 amide bonds. The van der Waals surface area contributed by atoms with Crippen LogP contribution in [0.15, 0.2) is 53.1 Å². The highest BCUT2D eigenvalue weighted by Gasteiger charge is 2.18. The van der Waals surface area contributed by atoms with Gasteiger partial charge >= 0.3 is 0 Å². The maximum absolute atomic E-state index is 12.7. The van der Waals surface area contributed by atoms with Crippen LogP contribution in [0.25, 0.3) is 11.4 Å². The summed E-state index contributed by atoms with van der Waals surface area (Å²) in [7, 11) is 0. The smallest absolute Gasteiger partial charge is 0.248 e. The molecule has 8 heteroatoms. The lowest BCUT2D eigenvalue weighted by Gasteiger charge is -2.21. The number of carbonyl (C=O) groups excluding carboxylic acids is 1. The molecule has 0 bridgehead atoms. The SMILES string of the molecule is CCCCN(CCc1nc(-c2ccc3c(c2)OCO3)no1)C(=O)COCc1ccccc1. The van der Waals surface area contributed by atoms with Crippen molar-refractivity contribution >= 4 is 5.91 Å². The highest BCUT2D eigenvalue weighted by atomic mass is 16.7. The second-order valence-electron chi connectivity index (χ2n) is 7.54. The van der Waals surface area contributed by atoms with E-state index in [1.54, 1.807) is 4.90 Å². The van der Waals surface area contributed by atoms with Gasteiger partial charge in [0.05, 0.1) is 6.61 Å². The van der Waals surface area contributed by atoms with Crippen LogP contribution in [-0.4, -0.2) is 47.4 Å². The molecular weight excluding hydrogens is 410 g/mol. The molecule has 0 atom stereocenters. The number of nitrogens with zero attached hydrogens (tertiary/aromatic N) is 3. The van der Waals surface area contributed by atoms with Crippen LogP contribution in [0.5, 0.6) is 11.5 Å². The molecule has 1 aliphatic rings. The molecule has 168 valence electrons. The molecular formula is C24H27N3O5. The third kappa shape index (κ3) is 5.64. The van der Waals surface area contributed by atoms with Gasteiger partial charge in [-0.1, -0.05) is 48.8 Å². The first-order valence-electron chi connectivity index (χ1n) is 10.8. The molecule has 0 N–H and O–H groups in total. The maximum Gasteiger partial charge on any atom is 0.248 e. The van der Waals surface area contributed by atoms with Crippen LogP contribution in [0.3, 0.4) is 0 Å². The standard InChI is InChI=1S/C24H27N3O5/c1-2-3-12-27(23(28)16-29-15-18-7-5-4-6-8-18)13-11-22-25-24(26-32-22)19-9-10-20-21(14-19)31-17-30-20/h4-10,14H,2-3,11-13,15-17H2,1H3. The number of rotatable bonds is 11. The minimum Gasteiger partial charge on any atom is -0.454 e. The van der Waals surface area contributed by atoms with E-state index in [0.29, 0.717) is 49.3 Å². The van der Waals surface area contributed by atoms with Gasteiger partial charge in [-0.3, -0.25) is 4.79 Å². The Labute approximate surface area is 187 Å². The van der Waals surface area contributed by atoms with Crippen LogP contribution in [0, 0.1) is 0 Å². The quantitative estimate of drug-likeness (QED) is 0.450. The van der Waals surface area contributed by atoms with Crippen LogP contribution >= 0.6 is 0 Å². The van der Waals surface area contributed by atoms with Gasteiger partial charge < -0.3 is 23.6 Å². The van der Waals surface area contributed by atoms with Gasteiger partial charge in [0, 0.05) is 25.1 Å². The Kier molecular flexibility index (Phi) is 7.34. The van der Waals surface area contributed by atoms with Crippen LogP contribution in [0.1, 0.15) is 31.2 Å². The first kappa shape index (κ1) is 21.8. The molecule has 0 aliphatic carbocycles. The molecule has 8 nitrogen and oxygen atoms in total. The summed E-state index contributed by atoms with van der Waals surface area (Å²) in [5.41, 5.74) is 1.83. The summed E-state index contributed by atoms with van der Waals surface area (Å²) in [5, 5.41) is 4.07.